The summed E-state index contributed by atoms with van der Waals surface area (Å²) in [5.41, 5.74) is 0.676. The van der Waals surface area contributed by atoms with E-state index < -0.39 is 0 Å². The molecule has 0 aromatic carbocycles. The first kappa shape index (κ1) is 11.1. The molecule has 2 rings (SSSR count). The minimum absolute atomic E-state index is 0.0455. The van der Waals surface area contributed by atoms with E-state index in [4.69, 9.17) is 4.42 Å². The highest BCUT2D eigenvalue weighted by atomic mass is 16.4. The number of rotatable bonds is 2. The lowest BCUT2D eigenvalue weighted by molar-refractivity contribution is 0.0755. The molecule has 1 saturated heterocycles. The Morgan fingerprint density at radius 1 is 1.56 bits per heavy atom. The number of hydrogen-bond donors (Lipinski definition) is 1. The smallest absolute Gasteiger partial charge is 0.291 e. The summed E-state index contributed by atoms with van der Waals surface area (Å²) in [6.07, 6.45) is 0.994. The molecule has 1 N–H and O–H groups in total. The van der Waals surface area contributed by atoms with Gasteiger partial charge in [-0.05, 0) is 20.4 Å². The van der Waals surface area contributed by atoms with Gasteiger partial charge in [0.2, 0.25) is 5.76 Å². The first-order chi connectivity index (χ1) is 7.61. The number of aromatic nitrogens is 1. The van der Waals surface area contributed by atoms with Crippen molar-refractivity contribution in [1.29, 1.82) is 0 Å². The third-order valence-corrected chi connectivity index (χ3v) is 2.98. The highest BCUT2D eigenvalue weighted by Crippen LogP contribution is 2.16. The summed E-state index contributed by atoms with van der Waals surface area (Å²) in [5, 5.41) is 3.18. The predicted molar refractivity (Wildman–Crippen MR) is 59.3 cm³/mol. The van der Waals surface area contributed by atoms with Crippen LogP contribution in [0.4, 0.5) is 0 Å². The summed E-state index contributed by atoms with van der Waals surface area (Å²) in [7, 11) is 1.92. The molecule has 16 heavy (non-hydrogen) atoms. The molecule has 1 fully saturated rings. The van der Waals surface area contributed by atoms with E-state index in [1.165, 1.54) is 0 Å². The molecule has 2 heterocycles. The Morgan fingerprint density at radius 3 is 2.81 bits per heavy atom. The topological polar surface area (TPSA) is 58.4 Å². The van der Waals surface area contributed by atoms with Crippen molar-refractivity contribution in [1.82, 2.24) is 15.2 Å². The first-order valence-electron chi connectivity index (χ1n) is 5.52. The maximum absolute atomic E-state index is 12.1. The van der Waals surface area contributed by atoms with Crippen LogP contribution < -0.4 is 5.32 Å². The van der Waals surface area contributed by atoms with Gasteiger partial charge in [0, 0.05) is 26.1 Å². The number of carbonyl (C=O) groups is 1. The number of likely N-dealkylation sites (N-methyl/N-ethyl adjacent to an activating group) is 1. The van der Waals surface area contributed by atoms with Crippen molar-refractivity contribution in [2.24, 2.45) is 0 Å². The molecule has 1 aliphatic heterocycles. The third-order valence-electron chi connectivity index (χ3n) is 2.98. The number of oxazole rings is 1. The zero-order valence-electron chi connectivity index (χ0n) is 9.91. The molecule has 0 radical (unpaired) electrons. The van der Waals surface area contributed by atoms with Crippen molar-refractivity contribution in [3.8, 4) is 0 Å². The van der Waals surface area contributed by atoms with E-state index in [0.29, 0.717) is 23.4 Å². The largest absolute Gasteiger partial charge is 0.436 e. The molecule has 1 aromatic heterocycles. The van der Waals surface area contributed by atoms with Gasteiger partial charge in [-0.3, -0.25) is 4.79 Å². The van der Waals surface area contributed by atoms with Crippen LogP contribution in [0.5, 0.6) is 0 Å². The van der Waals surface area contributed by atoms with Gasteiger partial charge in [0.1, 0.15) is 0 Å². The second kappa shape index (κ2) is 4.25. The number of aryl methyl sites for hydroxylation is 2. The van der Waals surface area contributed by atoms with Crippen molar-refractivity contribution in [2.45, 2.75) is 26.3 Å². The average molecular weight is 223 g/mol. The lowest BCUT2D eigenvalue weighted by Crippen LogP contribution is -2.33. The van der Waals surface area contributed by atoms with Crippen molar-refractivity contribution in [3.63, 3.8) is 0 Å². The molecular formula is C11H17N3O2. The van der Waals surface area contributed by atoms with Gasteiger partial charge in [0.25, 0.3) is 5.91 Å². The van der Waals surface area contributed by atoms with Crippen LogP contribution in [0.3, 0.4) is 0 Å². The molecule has 5 nitrogen and oxygen atoms in total. The maximum Gasteiger partial charge on any atom is 0.291 e. The van der Waals surface area contributed by atoms with Gasteiger partial charge in [-0.15, -0.1) is 0 Å². The number of carbonyl (C=O) groups excluding carboxylic acids is 1. The van der Waals surface area contributed by atoms with E-state index in [1.807, 2.05) is 11.9 Å². The van der Waals surface area contributed by atoms with Crippen LogP contribution in [0.2, 0.25) is 0 Å². The molecule has 0 aliphatic carbocycles. The van der Waals surface area contributed by atoms with Gasteiger partial charge in [-0.25, -0.2) is 4.98 Å². The Morgan fingerprint density at radius 2 is 2.31 bits per heavy atom. The van der Waals surface area contributed by atoms with Gasteiger partial charge in [0.15, 0.2) is 5.89 Å². The molecule has 0 saturated carbocycles. The fourth-order valence-corrected chi connectivity index (χ4v) is 2.05. The quantitative estimate of drug-likeness (QED) is 0.802. The Kier molecular flexibility index (Phi) is 2.96. The normalized spacial score (nSPS) is 20.4. The Hall–Kier alpha value is -1.36. The monoisotopic (exact) mass is 223 g/mol. The number of hydrogen-bond acceptors (Lipinski definition) is 4. The summed E-state index contributed by atoms with van der Waals surface area (Å²) in [6.45, 7) is 5.08. The maximum atomic E-state index is 12.1. The van der Waals surface area contributed by atoms with Gasteiger partial charge < -0.3 is 14.6 Å². The number of nitrogens with zero attached hydrogens (tertiary/aromatic N) is 2. The molecule has 1 atom stereocenters. The van der Waals surface area contributed by atoms with E-state index in [9.17, 15) is 4.79 Å². The molecule has 0 spiro atoms. The molecular weight excluding hydrogens is 206 g/mol. The first-order valence-corrected chi connectivity index (χ1v) is 5.52. The second-order valence-electron chi connectivity index (χ2n) is 4.17. The lowest BCUT2D eigenvalue weighted by Gasteiger charge is -2.14. The van der Waals surface area contributed by atoms with Gasteiger partial charge >= 0.3 is 0 Å². The van der Waals surface area contributed by atoms with Crippen LogP contribution in [-0.4, -0.2) is 42.0 Å². The van der Waals surface area contributed by atoms with Crippen molar-refractivity contribution < 1.29 is 9.21 Å². The minimum Gasteiger partial charge on any atom is -0.436 e. The van der Waals surface area contributed by atoms with Crippen LogP contribution >= 0.6 is 0 Å². The van der Waals surface area contributed by atoms with Gasteiger partial charge in [-0.1, -0.05) is 0 Å². The standard InChI is InChI=1S/C11H17N3O2/c1-7-10(16-8(2)13-7)11(15)14-5-4-9(6-14)12-3/h9,12H,4-6H2,1-3H3. The van der Waals surface area contributed by atoms with Crippen LogP contribution in [0.25, 0.3) is 0 Å². The van der Waals surface area contributed by atoms with Crippen LogP contribution in [0.15, 0.2) is 4.42 Å². The highest BCUT2D eigenvalue weighted by Gasteiger charge is 2.29. The van der Waals surface area contributed by atoms with E-state index in [2.05, 4.69) is 10.3 Å². The third kappa shape index (κ3) is 1.95. The average Bonchev–Trinajstić information content (AvgIpc) is 2.84. The van der Waals surface area contributed by atoms with Crippen LogP contribution in [0.1, 0.15) is 28.6 Å². The summed E-state index contributed by atoms with van der Waals surface area (Å²) < 4.78 is 5.33. The number of nitrogens with one attached hydrogen (secondary N) is 1. The Balaban J connectivity index is 2.11. The lowest BCUT2D eigenvalue weighted by atomic mass is 10.3. The zero-order chi connectivity index (χ0) is 11.7. The molecule has 5 heteroatoms. The van der Waals surface area contributed by atoms with Crippen LogP contribution in [0, 0.1) is 13.8 Å². The van der Waals surface area contributed by atoms with E-state index >= 15 is 0 Å². The van der Waals surface area contributed by atoms with Crippen molar-refractivity contribution >= 4 is 5.91 Å². The van der Waals surface area contributed by atoms with Gasteiger partial charge in [0.05, 0.1) is 5.69 Å². The fourth-order valence-electron chi connectivity index (χ4n) is 2.05. The Labute approximate surface area is 94.8 Å². The Bertz CT molecular complexity index is 400. The molecule has 0 bridgehead atoms. The van der Waals surface area contributed by atoms with E-state index in [-0.39, 0.29) is 5.91 Å². The molecule has 1 amide bonds. The zero-order valence-corrected chi connectivity index (χ0v) is 9.91. The van der Waals surface area contributed by atoms with Crippen molar-refractivity contribution in [2.75, 3.05) is 20.1 Å². The number of amides is 1. The second-order valence-corrected chi connectivity index (χ2v) is 4.17. The minimum atomic E-state index is -0.0455. The summed E-state index contributed by atoms with van der Waals surface area (Å²) >= 11 is 0. The molecule has 88 valence electrons. The molecule has 1 unspecified atom stereocenters. The summed E-state index contributed by atoms with van der Waals surface area (Å²) in [4.78, 5) is 18.0. The van der Waals surface area contributed by atoms with E-state index in [0.717, 1.165) is 19.5 Å². The molecule has 1 aromatic rings. The van der Waals surface area contributed by atoms with Crippen LogP contribution in [-0.2, 0) is 0 Å². The molecule has 1 aliphatic rings. The van der Waals surface area contributed by atoms with Crippen molar-refractivity contribution in [3.05, 3.63) is 17.3 Å². The van der Waals surface area contributed by atoms with Gasteiger partial charge in [-0.2, -0.15) is 0 Å². The van der Waals surface area contributed by atoms with E-state index in [1.54, 1.807) is 13.8 Å². The fraction of sp³-hybridized carbons (Fsp3) is 0.636. The summed E-state index contributed by atoms with van der Waals surface area (Å²) in [5.74, 6) is 0.885. The highest BCUT2D eigenvalue weighted by molar-refractivity contribution is 5.92. The SMILES string of the molecule is CNC1CCN(C(=O)c2oc(C)nc2C)C1. The summed E-state index contributed by atoms with van der Waals surface area (Å²) in [6, 6.07) is 0.397. The number of likely N-dealkylation sites (tertiary alicyclic amines) is 1. The predicted octanol–water partition coefficient (Wildman–Crippen LogP) is 0.725.